The van der Waals surface area contributed by atoms with E-state index < -0.39 is 5.97 Å². The van der Waals surface area contributed by atoms with Crippen molar-refractivity contribution in [1.29, 1.82) is 0 Å². The highest BCUT2D eigenvalue weighted by molar-refractivity contribution is 5.86. The van der Waals surface area contributed by atoms with Crippen LogP contribution in [0.2, 0.25) is 0 Å². The van der Waals surface area contributed by atoms with Crippen LogP contribution in [-0.4, -0.2) is 16.2 Å². The fourth-order valence-corrected chi connectivity index (χ4v) is 1.69. The summed E-state index contributed by atoms with van der Waals surface area (Å²) in [7, 11) is 0. The van der Waals surface area contributed by atoms with Gasteiger partial charge in [-0.1, -0.05) is 30.3 Å². The second kappa shape index (κ2) is 6.43. The first-order chi connectivity index (χ1) is 9.65. The number of aliphatic carboxylic acids is 1. The molecule has 20 heavy (non-hydrogen) atoms. The molecule has 102 valence electrons. The van der Waals surface area contributed by atoms with Gasteiger partial charge >= 0.3 is 5.97 Å². The molecular formula is C16H14O4. The number of rotatable bonds is 5. The van der Waals surface area contributed by atoms with Crippen molar-refractivity contribution >= 4 is 12.0 Å². The minimum Gasteiger partial charge on any atom is -0.508 e. The number of hydrogen-bond donors (Lipinski definition) is 2. The molecule has 0 aliphatic heterocycles. The van der Waals surface area contributed by atoms with Crippen LogP contribution in [0.4, 0.5) is 0 Å². The summed E-state index contributed by atoms with van der Waals surface area (Å²) in [5.41, 5.74) is 1.53. The first-order valence-electron chi connectivity index (χ1n) is 6.06. The van der Waals surface area contributed by atoms with Crippen molar-refractivity contribution in [2.45, 2.75) is 6.61 Å². The third kappa shape index (κ3) is 3.88. The Morgan fingerprint density at radius 3 is 2.60 bits per heavy atom. The normalized spacial score (nSPS) is 10.6. The Balaban J connectivity index is 2.16. The number of carboxylic acid groups (broad SMARTS) is 1. The average molecular weight is 270 g/mol. The predicted molar refractivity (Wildman–Crippen MR) is 75.6 cm³/mol. The molecule has 2 rings (SSSR count). The van der Waals surface area contributed by atoms with E-state index >= 15 is 0 Å². The summed E-state index contributed by atoms with van der Waals surface area (Å²) in [5, 5.41) is 18.1. The van der Waals surface area contributed by atoms with E-state index in [1.165, 1.54) is 18.2 Å². The minimum atomic E-state index is -1.05. The van der Waals surface area contributed by atoms with Crippen molar-refractivity contribution in [3.63, 3.8) is 0 Å². The van der Waals surface area contributed by atoms with Crippen LogP contribution in [0.15, 0.2) is 54.6 Å². The molecule has 0 aromatic heterocycles. The third-order valence-corrected chi connectivity index (χ3v) is 2.64. The molecule has 0 saturated heterocycles. The van der Waals surface area contributed by atoms with E-state index in [0.29, 0.717) is 17.9 Å². The Bertz CT molecular complexity index is 618. The number of benzene rings is 2. The van der Waals surface area contributed by atoms with E-state index in [1.807, 2.05) is 30.3 Å². The van der Waals surface area contributed by atoms with E-state index in [-0.39, 0.29) is 5.75 Å². The molecule has 0 heterocycles. The van der Waals surface area contributed by atoms with Gasteiger partial charge in [0, 0.05) is 11.6 Å². The molecule has 2 aromatic rings. The summed E-state index contributed by atoms with van der Waals surface area (Å²) in [6, 6.07) is 14.2. The highest BCUT2D eigenvalue weighted by Crippen LogP contribution is 2.25. The Hall–Kier alpha value is -2.75. The summed E-state index contributed by atoms with van der Waals surface area (Å²) >= 11 is 0. The van der Waals surface area contributed by atoms with Crippen LogP contribution in [0.5, 0.6) is 11.5 Å². The summed E-state index contributed by atoms with van der Waals surface area (Å²) in [6.45, 7) is 0.375. The first kappa shape index (κ1) is 13.7. The van der Waals surface area contributed by atoms with Gasteiger partial charge in [0.15, 0.2) is 0 Å². The molecule has 2 N–H and O–H groups in total. The fraction of sp³-hybridized carbons (Fsp3) is 0.0625. The van der Waals surface area contributed by atoms with Crippen molar-refractivity contribution in [3.05, 3.63) is 65.7 Å². The molecule has 0 aliphatic carbocycles. The van der Waals surface area contributed by atoms with Gasteiger partial charge in [-0.05, 0) is 29.8 Å². The number of ether oxygens (including phenoxy) is 1. The van der Waals surface area contributed by atoms with E-state index in [1.54, 1.807) is 6.07 Å². The lowest BCUT2D eigenvalue weighted by Crippen LogP contribution is -1.97. The summed E-state index contributed by atoms with van der Waals surface area (Å²) in [4.78, 5) is 10.6. The van der Waals surface area contributed by atoms with Crippen LogP contribution in [0, 0.1) is 0 Å². The van der Waals surface area contributed by atoms with Gasteiger partial charge in [0.25, 0.3) is 0 Å². The molecule has 0 amide bonds. The second-order valence-corrected chi connectivity index (χ2v) is 4.17. The Labute approximate surface area is 116 Å². The summed E-state index contributed by atoms with van der Waals surface area (Å²) < 4.78 is 5.66. The van der Waals surface area contributed by atoms with Gasteiger partial charge in [-0.3, -0.25) is 0 Å². The lowest BCUT2D eigenvalue weighted by atomic mass is 10.1. The molecular weight excluding hydrogens is 256 g/mol. The Morgan fingerprint density at radius 2 is 1.90 bits per heavy atom. The molecule has 0 radical (unpaired) electrons. The number of hydrogen-bond acceptors (Lipinski definition) is 3. The molecule has 0 saturated carbocycles. The maximum Gasteiger partial charge on any atom is 0.328 e. The summed E-state index contributed by atoms with van der Waals surface area (Å²) in [6.07, 6.45) is 2.40. The van der Waals surface area contributed by atoms with Crippen LogP contribution in [0.25, 0.3) is 6.08 Å². The summed E-state index contributed by atoms with van der Waals surface area (Å²) in [5.74, 6) is -0.478. The van der Waals surface area contributed by atoms with E-state index in [2.05, 4.69) is 0 Å². The van der Waals surface area contributed by atoms with Crippen LogP contribution in [0.1, 0.15) is 11.1 Å². The fourth-order valence-electron chi connectivity index (χ4n) is 1.69. The van der Waals surface area contributed by atoms with Gasteiger partial charge in [0.2, 0.25) is 0 Å². The SMILES string of the molecule is O=C(O)/C=C/c1cc(O)ccc1OCc1ccccc1. The predicted octanol–water partition coefficient (Wildman–Crippen LogP) is 3.07. The molecule has 0 atom stereocenters. The molecule has 2 aromatic carbocycles. The van der Waals surface area contributed by atoms with Gasteiger partial charge in [-0.2, -0.15) is 0 Å². The van der Waals surface area contributed by atoms with Crippen molar-refractivity contribution in [2.24, 2.45) is 0 Å². The maximum absolute atomic E-state index is 10.6. The quantitative estimate of drug-likeness (QED) is 0.819. The maximum atomic E-state index is 10.6. The Kier molecular flexibility index (Phi) is 4.39. The molecule has 0 unspecified atom stereocenters. The number of carbonyl (C=O) groups is 1. The van der Waals surface area contributed by atoms with Gasteiger partial charge in [-0.15, -0.1) is 0 Å². The third-order valence-electron chi connectivity index (χ3n) is 2.64. The molecule has 0 bridgehead atoms. The molecule has 4 heteroatoms. The highest BCUT2D eigenvalue weighted by Gasteiger charge is 2.04. The number of carboxylic acids is 1. The van der Waals surface area contributed by atoms with Crippen molar-refractivity contribution in [3.8, 4) is 11.5 Å². The zero-order valence-electron chi connectivity index (χ0n) is 10.7. The largest absolute Gasteiger partial charge is 0.508 e. The van der Waals surface area contributed by atoms with Gasteiger partial charge < -0.3 is 14.9 Å². The molecule has 0 spiro atoms. The van der Waals surface area contributed by atoms with E-state index in [9.17, 15) is 9.90 Å². The smallest absolute Gasteiger partial charge is 0.328 e. The second-order valence-electron chi connectivity index (χ2n) is 4.17. The topological polar surface area (TPSA) is 66.8 Å². The first-order valence-corrected chi connectivity index (χ1v) is 6.06. The number of phenolic OH excluding ortho intramolecular Hbond substituents is 1. The van der Waals surface area contributed by atoms with Crippen LogP contribution >= 0.6 is 0 Å². The molecule has 0 fully saturated rings. The number of aromatic hydroxyl groups is 1. The molecule has 4 nitrogen and oxygen atoms in total. The standard InChI is InChI=1S/C16H14O4/c17-14-7-8-15(13(10-14)6-9-16(18)19)20-11-12-4-2-1-3-5-12/h1-10,17H,11H2,(H,18,19)/b9-6+. The van der Waals surface area contributed by atoms with E-state index in [0.717, 1.165) is 11.6 Å². The van der Waals surface area contributed by atoms with Gasteiger partial charge in [0.05, 0.1) is 0 Å². The van der Waals surface area contributed by atoms with Gasteiger partial charge in [-0.25, -0.2) is 4.79 Å². The average Bonchev–Trinajstić information content (AvgIpc) is 2.45. The van der Waals surface area contributed by atoms with Crippen molar-refractivity contribution < 1.29 is 19.7 Å². The van der Waals surface area contributed by atoms with Crippen LogP contribution < -0.4 is 4.74 Å². The zero-order chi connectivity index (χ0) is 14.4. The number of phenols is 1. The monoisotopic (exact) mass is 270 g/mol. The lowest BCUT2D eigenvalue weighted by Gasteiger charge is -2.09. The molecule has 0 aliphatic rings. The van der Waals surface area contributed by atoms with Gasteiger partial charge in [0.1, 0.15) is 18.1 Å². The Morgan fingerprint density at radius 1 is 1.15 bits per heavy atom. The lowest BCUT2D eigenvalue weighted by molar-refractivity contribution is -0.131. The van der Waals surface area contributed by atoms with E-state index in [4.69, 9.17) is 9.84 Å². The highest BCUT2D eigenvalue weighted by atomic mass is 16.5. The van der Waals surface area contributed by atoms with Crippen molar-refractivity contribution in [1.82, 2.24) is 0 Å². The van der Waals surface area contributed by atoms with Crippen molar-refractivity contribution in [2.75, 3.05) is 0 Å². The van der Waals surface area contributed by atoms with Crippen LogP contribution in [0.3, 0.4) is 0 Å². The zero-order valence-corrected chi connectivity index (χ0v) is 10.7. The minimum absolute atomic E-state index is 0.0575. The van der Waals surface area contributed by atoms with Crippen LogP contribution in [-0.2, 0) is 11.4 Å².